The molecule has 1 rings (SSSR count). The minimum Gasteiger partial charge on any atom is -0.469 e. The van der Waals surface area contributed by atoms with E-state index in [0.29, 0.717) is 25.4 Å². The minimum absolute atomic E-state index is 0.0400. The summed E-state index contributed by atoms with van der Waals surface area (Å²) in [5.74, 6) is -0.227. The van der Waals surface area contributed by atoms with E-state index in [9.17, 15) is 9.59 Å². The molecule has 0 unspecified atom stereocenters. The average Bonchev–Trinajstić information content (AvgIpc) is 2.81. The van der Waals surface area contributed by atoms with E-state index < -0.39 is 0 Å². The van der Waals surface area contributed by atoms with Crippen molar-refractivity contribution in [1.82, 2.24) is 10.2 Å². The standard InChI is InChI=1S/C12H22N2O3/c1-14(9-5-8-11(15)17-2)12(16)13-10-6-3-4-7-10/h10H,3-9H2,1-2H3,(H,13,16). The van der Waals surface area contributed by atoms with Gasteiger partial charge in [0.05, 0.1) is 7.11 Å². The Hall–Kier alpha value is -1.26. The first-order valence-corrected chi connectivity index (χ1v) is 6.22. The molecular weight excluding hydrogens is 220 g/mol. The molecule has 5 nitrogen and oxygen atoms in total. The fourth-order valence-corrected chi connectivity index (χ4v) is 2.02. The van der Waals surface area contributed by atoms with Crippen molar-refractivity contribution in [2.24, 2.45) is 0 Å². The molecule has 0 heterocycles. The smallest absolute Gasteiger partial charge is 0.317 e. The molecule has 1 aliphatic rings. The van der Waals surface area contributed by atoms with Crippen LogP contribution in [0.3, 0.4) is 0 Å². The van der Waals surface area contributed by atoms with Crippen LogP contribution < -0.4 is 5.32 Å². The number of hydrogen-bond donors (Lipinski definition) is 1. The lowest BCUT2D eigenvalue weighted by Gasteiger charge is -2.20. The van der Waals surface area contributed by atoms with E-state index in [-0.39, 0.29) is 12.0 Å². The molecule has 0 bridgehead atoms. The fraction of sp³-hybridized carbons (Fsp3) is 0.833. The zero-order valence-corrected chi connectivity index (χ0v) is 10.7. The molecule has 0 saturated heterocycles. The number of rotatable bonds is 5. The maximum Gasteiger partial charge on any atom is 0.317 e. The largest absolute Gasteiger partial charge is 0.469 e. The van der Waals surface area contributed by atoms with E-state index in [1.165, 1.54) is 20.0 Å². The summed E-state index contributed by atoms with van der Waals surface area (Å²) in [5, 5.41) is 3.00. The van der Waals surface area contributed by atoms with Crippen LogP contribution in [-0.2, 0) is 9.53 Å². The second-order valence-corrected chi connectivity index (χ2v) is 4.53. The van der Waals surface area contributed by atoms with Crippen molar-refractivity contribution in [3.8, 4) is 0 Å². The highest BCUT2D eigenvalue weighted by atomic mass is 16.5. The molecule has 0 aliphatic heterocycles. The zero-order chi connectivity index (χ0) is 12.7. The van der Waals surface area contributed by atoms with Crippen LogP contribution in [0.4, 0.5) is 4.79 Å². The molecule has 17 heavy (non-hydrogen) atoms. The van der Waals surface area contributed by atoms with Crippen LogP contribution in [0, 0.1) is 0 Å². The highest BCUT2D eigenvalue weighted by Gasteiger charge is 2.18. The summed E-state index contributed by atoms with van der Waals surface area (Å²) >= 11 is 0. The molecule has 0 atom stereocenters. The molecule has 1 saturated carbocycles. The number of carbonyl (C=O) groups excluding carboxylic acids is 2. The van der Waals surface area contributed by atoms with Gasteiger partial charge in [-0.15, -0.1) is 0 Å². The molecule has 5 heteroatoms. The van der Waals surface area contributed by atoms with E-state index in [1.807, 2.05) is 0 Å². The Morgan fingerprint density at radius 3 is 2.59 bits per heavy atom. The minimum atomic E-state index is -0.227. The third-order valence-corrected chi connectivity index (χ3v) is 3.13. The van der Waals surface area contributed by atoms with Gasteiger partial charge < -0.3 is 15.0 Å². The molecule has 0 aromatic heterocycles. The third-order valence-electron chi connectivity index (χ3n) is 3.13. The molecule has 1 N–H and O–H groups in total. The highest BCUT2D eigenvalue weighted by Crippen LogP contribution is 2.17. The van der Waals surface area contributed by atoms with Gasteiger partial charge in [-0.3, -0.25) is 4.79 Å². The number of amides is 2. The first-order chi connectivity index (χ1) is 8.13. The SMILES string of the molecule is COC(=O)CCCN(C)C(=O)NC1CCCC1. The zero-order valence-electron chi connectivity index (χ0n) is 10.7. The molecule has 0 aromatic rings. The lowest BCUT2D eigenvalue weighted by molar-refractivity contribution is -0.140. The lowest BCUT2D eigenvalue weighted by atomic mass is 10.2. The maximum atomic E-state index is 11.7. The second-order valence-electron chi connectivity index (χ2n) is 4.53. The molecule has 1 fully saturated rings. The van der Waals surface area contributed by atoms with Crippen molar-refractivity contribution in [2.45, 2.75) is 44.6 Å². The van der Waals surface area contributed by atoms with Gasteiger partial charge in [0.15, 0.2) is 0 Å². The molecule has 0 aromatic carbocycles. The maximum absolute atomic E-state index is 11.7. The Morgan fingerprint density at radius 1 is 1.35 bits per heavy atom. The van der Waals surface area contributed by atoms with Gasteiger partial charge in [-0.25, -0.2) is 4.79 Å². The Kier molecular flexibility index (Phi) is 5.80. The first-order valence-electron chi connectivity index (χ1n) is 6.22. The molecule has 0 radical (unpaired) electrons. The van der Waals surface area contributed by atoms with E-state index in [2.05, 4.69) is 10.1 Å². The van der Waals surface area contributed by atoms with Crippen LogP contribution in [0.15, 0.2) is 0 Å². The normalized spacial score (nSPS) is 15.6. The van der Waals surface area contributed by atoms with Crippen molar-refractivity contribution >= 4 is 12.0 Å². The fourth-order valence-electron chi connectivity index (χ4n) is 2.02. The predicted molar refractivity (Wildman–Crippen MR) is 64.7 cm³/mol. The van der Waals surface area contributed by atoms with Crippen LogP contribution in [0.5, 0.6) is 0 Å². The van der Waals surface area contributed by atoms with Gasteiger partial charge in [-0.2, -0.15) is 0 Å². The summed E-state index contributed by atoms with van der Waals surface area (Å²) in [4.78, 5) is 24.3. The second kappa shape index (κ2) is 7.14. The summed E-state index contributed by atoms with van der Waals surface area (Å²) in [6.07, 6.45) is 5.58. The number of methoxy groups -OCH3 is 1. The third kappa shape index (κ3) is 5.06. The number of nitrogens with one attached hydrogen (secondary N) is 1. The highest BCUT2D eigenvalue weighted by molar-refractivity contribution is 5.74. The lowest BCUT2D eigenvalue weighted by Crippen LogP contribution is -2.42. The summed E-state index contributed by atoms with van der Waals surface area (Å²) in [6.45, 7) is 0.577. The van der Waals surface area contributed by atoms with Crippen LogP contribution >= 0.6 is 0 Å². The Morgan fingerprint density at radius 2 is 2.00 bits per heavy atom. The molecule has 2 amide bonds. The number of nitrogens with zero attached hydrogens (tertiary/aromatic N) is 1. The van der Waals surface area contributed by atoms with Gasteiger partial charge in [-0.05, 0) is 19.3 Å². The predicted octanol–water partition coefficient (Wildman–Crippen LogP) is 1.52. The van der Waals surface area contributed by atoms with E-state index in [1.54, 1.807) is 11.9 Å². The van der Waals surface area contributed by atoms with E-state index in [4.69, 9.17) is 0 Å². The van der Waals surface area contributed by atoms with Crippen LogP contribution in [0.2, 0.25) is 0 Å². The van der Waals surface area contributed by atoms with Crippen LogP contribution in [0.25, 0.3) is 0 Å². The molecule has 0 spiro atoms. The first kappa shape index (κ1) is 13.8. The van der Waals surface area contributed by atoms with Gasteiger partial charge in [-0.1, -0.05) is 12.8 Å². The number of ether oxygens (including phenoxy) is 1. The van der Waals surface area contributed by atoms with Crippen LogP contribution in [-0.4, -0.2) is 43.6 Å². The van der Waals surface area contributed by atoms with E-state index in [0.717, 1.165) is 12.8 Å². The van der Waals surface area contributed by atoms with Crippen molar-refractivity contribution in [1.29, 1.82) is 0 Å². The Balaban J connectivity index is 2.15. The number of hydrogen-bond acceptors (Lipinski definition) is 3. The number of esters is 1. The quantitative estimate of drug-likeness (QED) is 0.744. The Labute approximate surface area is 102 Å². The molecule has 1 aliphatic carbocycles. The van der Waals surface area contributed by atoms with Gasteiger partial charge in [0, 0.05) is 26.1 Å². The Bertz CT molecular complexity index is 262. The summed E-state index contributed by atoms with van der Waals surface area (Å²) < 4.78 is 4.54. The summed E-state index contributed by atoms with van der Waals surface area (Å²) in [5.41, 5.74) is 0. The van der Waals surface area contributed by atoms with Crippen molar-refractivity contribution in [3.05, 3.63) is 0 Å². The summed E-state index contributed by atoms with van der Waals surface area (Å²) in [6, 6.07) is 0.298. The number of urea groups is 1. The van der Waals surface area contributed by atoms with Gasteiger partial charge in [0.25, 0.3) is 0 Å². The van der Waals surface area contributed by atoms with Crippen LogP contribution in [0.1, 0.15) is 38.5 Å². The number of carbonyl (C=O) groups is 2. The van der Waals surface area contributed by atoms with E-state index >= 15 is 0 Å². The molecule has 98 valence electrons. The van der Waals surface area contributed by atoms with Gasteiger partial charge in [0.1, 0.15) is 0 Å². The van der Waals surface area contributed by atoms with Gasteiger partial charge in [0.2, 0.25) is 0 Å². The average molecular weight is 242 g/mol. The summed E-state index contributed by atoms with van der Waals surface area (Å²) in [7, 11) is 3.13. The molecular formula is C12H22N2O3. The van der Waals surface area contributed by atoms with Crippen molar-refractivity contribution in [2.75, 3.05) is 20.7 Å². The topological polar surface area (TPSA) is 58.6 Å². The van der Waals surface area contributed by atoms with Gasteiger partial charge >= 0.3 is 12.0 Å². The monoisotopic (exact) mass is 242 g/mol. The van der Waals surface area contributed by atoms with Crippen molar-refractivity contribution in [3.63, 3.8) is 0 Å². The van der Waals surface area contributed by atoms with Crippen molar-refractivity contribution < 1.29 is 14.3 Å².